The van der Waals surface area contributed by atoms with E-state index in [1.807, 2.05) is 68.4 Å². The first-order chi connectivity index (χ1) is 22.6. The lowest BCUT2D eigenvalue weighted by molar-refractivity contribution is -0.140. The molecule has 4 aromatic carbocycles. The number of hydrogen-bond acceptors (Lipinski definition) is 4. The Morgan fingerprint density at radius 2 is 1.47 bits per heavy atom. The van der Waals surface area contributed by atoms with Crippen LogP contribution in [0.15, 0.2) is 112 Å². The van der Waals surface area contributed by atoms with Gasteiger partial charge in [0.15, 0.2) is 0 Å². The van der Waals surface area contributed by atoms with Gasteiger partial charge in [0, 0.05) is 23.5 Å². The lowest BCUT2D eigenvalue weighted by atomic mass is 9.94. The molecule has 1 fully saturated rings. The largest absolute Gasteiger partial charge is 0.352 e. The van der Waals surface area contributed by atoms with Crippen molar-refractivity contribution in [2.75, 3.05) is 10.8 Å². The average molecular weight is 717 g/mol. The highest BCUT2D eigenvalue weighted by Gasteiger charge is 2.35. The van der Waals surface area contributed by atoms with E-state index in [2.05, 4.69) is 21.2 Å². The summed E-state index contributed by atoms with van der Waals surface area (Å²) in [5.74, 6) is -0.689. The average Bonchev–Trinajstić information content (AvgIpc) is 3.07. The predicted octanol–water partition coefficient (Wildman–Crippen LogP) is 7.35. The second-order valence-corrected chi connectivity index (χ2v) is 15.1. The van der Waals surface area contributed by atoms with Crippen LogP contribution in [0.3, 0.4) is 0 Å². The third kappa shape index (κ3) is 8.90. The van der Waals surface area contributed by atoms with Crippen LogP contribution >= 0.6 is 15.9 Å². The fourth-order valence-corrected chi connectivity index (χ4v) is 7.72. The van der Waals surface area contributed by atoms with Crippen LogP contribution in [0.4, 0.5) is 5.69 Å². The summed E-state index contributed by atoms with van der Waals surface area (Å²) in [5, 5.41) is 3.26. The molecule has 0 heterocycles. The second kappa shape index (κ2) is 15.8. The number of aryl methyl sites for hydroxylation is 2. The Labute approximate surface area is 287 Å². The van der Waals surface area contributed by atoms with Gasteiger partial charge in [0.25, 0.3) is 10.0 Å². The van der Waals surface area contributed by atoms with Gasteiger partial charge in [-0.25, -0.2) is 8.42 Å². The van der Waals surface area contributed by atoms with Crippen molar-refractivity contribution in [2.24, 2.45) is 0 Å². The van der Waals surface area contributed by atoms with Crippen LogP contribution in [0.5, 0.6) is 0 Å². The van der Waals surface area contributed by atoms with E-state index >= 15 is 0 Å². The topological polar surface area (TPSA) is 86.8 Å². The highest BCUT2D eigenvalue weighted by atomic mass is 79.9. The van der Waals surface area contributed by atoms with Gasteiger partial charge in [0.1, 0.15) is 12.6 Å². The molecule has 0 radical (unpaired) electrons. The molecule has 0 spiro atoms. The molecule has 0 bridgehead atoms. The van der Waals surface area contributed by atoms with E-state index in [0.29, 0.717) is 12.1 Å². The molecule has 1 saturated carbocycles. The number of nitrogens with one attached hydrogen (secondary N) is 1. The number of nitrogens with zero attached hydrogens (tertiary/aromatic N) is 2. The minimum atomic E-state index is -4.15. The van der Waals surface area contributed by atoms with E-state index in [4.69, 9.17) is 0 Å². The molecule has 0 unspecified atom stereocenters. The van der Waals surface area contributed by atoms with Gasteiger partial charge >= 0.3 is 0 Å². The van der Waals surface area contributed by atoms with E-state index in [0.717, 1.165) is 63.1 Å². The van der Waals surface area contributed by atoms with Crippen LogP contribution in [0.1, 0.15) is 54.4 Å². The number of carbonyl (C=O) groups is 2. The standard InChI is InChI=1S/C38H42BrN3O4S/c1-28-17-23-35(24-18-28)47(45,46)42(34-21-19-32(39)20-22-34)27-37(43)41(26-31-14-10-9-11-29(31)2)36(25-30-12-5-3-6-13-30)38(44)40-33-15-7-4-8-16-33/h3,5-6,9-14,17-24,33,36H,4,7-8,15-16,25-27H2,1-2H3,(H,40,44)/t36-/m1/s1. The Bertz CT molecular complexity index is 1760. The van der Waals surface area contributed by atoms with Gasteiger partial charge in [-0.1, -0.05) is 107 Å². The summed E-state index contributed by atoms with van der Waals surface area (Å²) >= 11 is 3.44. The van der Waals surface area contributed by atoms with Crippen LogP contribution in [0.25, 0.3) is 0 Å². The Kier molecular flexibility index (Phi) is 11.5. The number of amides is 2. The maximum atomic E-state index is 14.7. The normalized spacial score (nSPS) is 14.3. The SMILES string of the molecule is Cc1ccc(S(=O)(=O)N(CC(=O)N(Cc2ccccc2C)[C@H](Cc2ccccc2)C(=O)NC2CCCCC2)c2ccc(Br)cc2)cc1. The Hall–Kier alpha value is -3.95. The Morgan fingerprint density at radius 3 is 2.13 bits per heavy atom. The maximum Gasteiger partial charge on any atom is 0.264 e. The monoisotopic (exact) mass is 715 g/mol. The van der Waals surface area contributed by atoms with E-state index < -0.39 is 28.5 Å². The van der Waals surface area contributed by atoms with Crippen molar-refractivity contribution < 1.29 is 18.0 Å². The minimum Gasteiger partial charge on any atom is -0.352 e. The third-order valence-corrected chi connectivity index (χ3v) is 11.1. The van der Waals surface area contributed by atoms with Crippen molar-refractivity contribution in [3.8, 4) is 0 Å². The Morgan fingerprint density at radius 1 is 0.830 bits per heavy atom. The fraction of sp³-hybridized carbons (Fsp3) is 0.316. The molecule has 1 aliphatic rings. The molecule has 5 rings (SSSR count). The molecule has 9 heteroatoms. The molecule has 1 N–H and O–H groups in total. The van der Waals surface area contributed by atoms with Crippen LogP contribution in [0, 0.1) is 13.8 Å². The highest BCUT2D eigenvalue weighted by molar-refractivity contribution is 9.10. The first-order valence-corrected chi connectivity index (χ1v) is 18.4. The van der Waals surface area contributed by atoms with Crippen molar-refractivity contribution in [3.63, 3.8) is 0 Å². The van der Waals surface area contributed by atoms with Crippen molar-refractivity contribution >= 4 is 43.5 Å². The molecule has 0 aromatic heterocycles. The lowest BCUT2D eigenvalue weighted by Crippen LogP contribution is -2.55. The quantitative estimate of drug-likeness (QED) is 0.166. The zero-order valence-corrected chi connectivity index (χ0v) is 29.3. The number of rotatable bonds is 12. The zero-order chi connectivity index (χ0) is 33.4. The number of anilines is 1. The number of hydrogen-bond donors (Lipinski definition) is 1. The third-order valence-electron chi connectivity index (χ3n) is 8.83. The molecule has 2 amide bonds. The van der Waals surface area contributed by atoms with Crippen molar-refractivity contribution in [1.82, 2.24) is 10.2 Å². The van der Waals surface area contributed by atoms with E-state index in [1.54, 1.807) is 53.4 Å². The molecular weight excluding hydrogens is 674 g/mol. The molecule has 0 saturated heterocycles. The summed E-state index contributed by atoms with van der Waals surface area (Å²) < 4.78 is 30.4. The van der Waals surface area contributed by atoms with Crippen LogP contribution in [-0.4, -0.2) is 43.8 Å². The first-order valence-electron chi connectivity index (χ1n) is 16.1. The molecule has 47 heavy (non-hydrogen) atoms. The summed E-state index contributed by atoms with van der Waals surface area (Å²) in [6.45, 7) is 3.54. The molecule has 246 valence electrons. The maximum absolute atomic E-state index is 14.7. The lowest BCUT2D eigenvalue weighted by Gasteiger charge is -2.35. The van der Waals surface area contributed by atoms with Gasteiger partial charge in [-0.3, -0.25) is 13.9 Å². The van der Waals surface area contributed by atoms with Gasteiger partial charge in [0.05, 0.1) is 10.6 Å². The van der Waals surface area contributed by atoms with Gasteiger partial charge in [-0.15, -0.1) is 0 Å². The summed E-state index contributed by atoms with van der Waals surface area (Å²) in [4.78, 5) is 30.6. The van der Waals surface area contributed by atoms with Crippen molar-refractivity contribution in [3.05, 3.63) is 130 Å². The van der Waals surface area contributed by atoms with E-state index in [1.165, 1.54) is 0 Å². The van der Waals surface area contributed by atoms with Gasteiger partial charge < -0.3 is 10.2 Å². The molecule has 7 nitrogen and oxygen atoms in total. The Balaban J connectivity index is 1.56. The number of carbonyl (C=O) groups excluding carboxylic acids is 2. The van der Waals surface area contributed by atoms with Gasteiger partial charge in [-0.2, -0.15) is 0 Å². The fourth-order valence-electron chi connectivity index (χ4n) is 6.04. The smallest absolute Gasteiger partial charge is 0.264 e. The predicted molar refractivity (Wildman–Crippen MR) is 191 cm³/mol. The minimum absolute atomic E-state index is 0.0473. The number of halogens is 1. The molecule has 1 aliphatic carbocycles. The number of benzene rings is 4. The van der Waals surface area contributed by atoms with Crippen molar-refractivity contribution in [2.45, 2.75) is 75.9 Å². The molecule has 1 atom stereocenters. The van der Waals surface area contributed by atoms with Crippen LogP contribution in [0.2, 0.25) is 0 Å². The molecule has 0 aliphatic heterocycles. The second-order valence-electron chi connectivity index (χ2n) is 12.3. The summed E-state index contributed by atoms with van der Waals surface area (Å²) in [5.41, 5.74) is 4.06. The van der Waals surface area contributed by atoms with Crippen LogP contribution < -0.4 is 9.62 Å². The van der Waals surface area contributed by atoms with Crippen molar-refractivity contribution in [1.29, 1.82) is 0 Å². The molecule has 4 aromatic rings. The van der Waals surface area contributed by atoms with E-state index in [-0.39, 0.29) is 23.4 Å². The van der Waals surface area contributed by atoms with Gasteiger partial charge in [0.2, 0.25) is 11.8 Å². The highest BCUT2D eigenvalue weighted by Crippen LogP contribution is 2.27. The molecular formula is C38H42BrN3O4S. The van der Waals surface area contributed by atoms with E-state index in [9.17, 15) is 18.0 Å². The number of sulfonamides is 1. The summed E-state index contributed by atoms with van der Waals surface area (Å²) in [6, 6.07) is 30.1. The van der Waals surface area contributed by atoms with Crippen LogP contribution in [-0.2, 0) is 32.6 Å². The summed E-state index contributed by atoms with van der Waals surface area (Å²) in [7, 11) is -4.15. The zero-order valence-electron chi connectivity index (χ0n) is 26.9. The first kappa shape index (κ1) is 34.4. The summed E-state index contributed by atoms with van der Waals surface area (Å²) in [6.07, 6.45) is 5.36. The van der Waals surface area contributed by atoms with Gasteiger partial charge in [-0.05, 0) is 79.8 Å².